The fourth-order valence-electron chi connectivity index (χ4n) is 2.01. The number of nitrogens with one attached hydrogen (secondary N) is 2. The van der Waals surface area contributed by atoms with Crippen molar-refractivity contribution >= 4 is 40.6 Å². The van der Waals surface area contributed by atoms with Gasteiger partial charge in [-0.15, -0.1) is 10.2 Å². The number of hydrogen-bond acceptors (Lipinski definition) is 5. The monoisotopic (exact) mass is 373 g/mol. The Morgan fingerprint density at radius 2 is 1.92 bits per heavy atom. The summed E-state index contributed by atoms with van der Waals surface area (Å²) < 4.78 is 0. The van der Waals surface area contributed by atoms with Crippen LogP contribution in [0.5, 0.6) is 0 Å². The van der Waals surface area contributed by atoms with Crippen molar-refractivity contribution in [3.63, 3.8) is 0 Å². The van der Waals surface area contributed by atoms with Crippen molar-refractivity contribution in [3.8, 4) is 0 Å². The zero-order chi connectivity index (χ0) is 17.6. The van der Waals surface area contributed by atoms with Crippen molar-refractivity contribution in [1.82, 2.24) is 20.5 Å². The van der Waals surface area contributed by atoms with E-state index in [0.29, 0.717) is 28.1 Å². The number of amides is 1. The van der Waals surface area contributed by atoms with Crippen LogP contribution in [0.15, 0.2) is 54.7 Å². The molecule has 0 saturated heterocycles. The number of hydrogen-bond donors (Lipinski definition) is 2. The van der Waals surface area contributed by atoms with Crippen LogP contribution in [0.3, 0.4) is 0 Å². The molecule has 0 radical (unpaired) electrons. The van der Waals surface area contributed by atoms with Crippen LogP contribution in [0.2, 0.25) is 10.0 Å². The van der Waals surface area contributed by atoms with E-state index in [1.807, 2.05) is 18.2 Å². The van der Waals surface area contributed by atoms with Gasteiger partial charge in [0.05, 0.1) is 22.9 Å². The molecule has 2 aromatic heterocycles. The molecule has 2 N–H and O–H groups in total. The molecule has 0 aliphatic heterocycles. The average Bonchev–Trinajstić information content (AvgIpc) is 2.63. The van der Waals surface area contributed by atoms with Crippen LogP contribution in [0.4, 0.5) is 11.5 Å². The molecule has 0 bridgehead atoms. The van der Waals surface area contributed by atoms with E-state index in [-0.39, 0.29) is 11.6 Å². The summed E-state index contributed by atoms with van der Waals surface area (Å²) >= 11 is 12.0. The van der Waals surface area contributed by atoms with Crippen LogP contribution in [-0.4, -0.2) is 21.1 Å². The first-order valence-electron chi connectivity index (χ1n) is 7.36. The smallest absolute Gasteiger partial charge is 0.272 e. The maximum absolute atomic E-state index is 12.1. The Morgan fingerprint density at radius 3 is 2.60 bits per heavy atom. The molecule has 0 spiro atoms. The van der Waals surface area contributed by atoms with E-state index < -0.39 is 0 Å². The first-order chi connectivity index (χ1) is 12.1. The molecule has 0 aliphatic rings. The van der Waals surface area contributed by atoms with Gasteiger partial charge in [0.2, 0.25) is 0 Å². The maximum atomic E-state index is 12.1. The summed E-state index contributed by atoms with van der Waals surface area (Å²) in [5.41, 5.74) is 1.62. The van der Waals surface area contributed by atoms with E-state index >= 15 is 0 Å². The molecule has 3 aromatic rings. The summed E-state index contributed by atoms with van der Waals surface area (Å²) in [4.78, 5) is 16.2. The van der Waals surface area contributed by atoms with Crippen LogP contribution >= 0.6 is 23.2 Å². The summed E-state index contributed by atoms with van der Waals surface area (Å²) in [6.07, 6.45) is 1.67. The van der Waals surface area contributed by atoms with E-state index in [0.717, 1.165) is 5.69 Å². The first-order valence-corrected chi connectivity index (χ1v) is 8.11. The Bertz CT molecular complexity index is 872. The van der Waals surface area contributed by atoms with Crippen molar-refractivity contribution in [2.45, 2.75) is 6.54 Å². The Morgan fingerprint density at radius 1 is 1.04 bits per heavy atom. The van der Waals surface area contributed by atoms with Gasteiger partial charge in [-0.2, -0.15) is 0 Å². The van der Waals surface area contributed by atoms with Crippen LogP contribution in [0, 0.1) is 0 Å². The molecule has 126 valence electrons. The number of pyridine rings is 1. The molecule has 8 heteroatoms. The number of nitrogens with zero attached hydrogens (tertiary/aromatic N) is 3. The third-order valence-electron chi connectivity index (χ3n) is 3.25. The molecule has 6 nitrogen and oxygen atoms in total. The number of carbonyl (C=O) groups excluding carboxylic acids is 1. The molecule has 0 atom stereocenters. The third kappa shape index (κ3) is 4.65. The van der Waals surface area contributed by atoms with Crippen molar-refractivity contribution in [3.05, 3.63) is 76.2 Å². The predicted octanol–water partition coefficient (Wildman–Crippen LogP) is 3.85. The van der Waals surface area contributed by atoms with E-state index in [1.165, 1.54) is 0 Å². The van der Waals surface area contributed by atoms with Crippen molar-refractivity contribution in [2.75, 3.05) is 5.32 Å². The molecular weight excluding hydrogens is 361 g/mol. The number of rotatable bonds is 5. The number of carbonyl (C=O) groups is 1. The summed E-state index contributed by atoms with van der Waals surface area (Å²) in [6.45, 7) is 0.321. The lowest BCUT2D eigenvalue weighted by Crippen LogP contribution is -2.24. The second-order valence-corrected chi connectivity index (χ2v) is 5.90. The SMILES string of the molecule is O=C(NCc1ccccn1)c1ccc(Nc2ccc(Cl)cc2Cl)nn1. The standard InChI is InChI=1S/C17H13Cl2N5O/c18-11-4-5-14(13(19)9-11)22-16-7-6-15(23-24-16)17(25)21-10-12-3-1-2-8-20-12/h1-9H,10H2,(H,21,25)(H,22,24). The van der Waals surface area contributed by atoms with E-state index in [2.05, 4.69) is 25.8 Å². The molecule has 0 aliphatic carbocycles. The van der Waals surface area contributed by atoms with Gasteiger partial charge in [0, 0.05) is 11.2 Å². The molecule has 0 unspecified atom stereocenters. The minimum absolute atomic E-state index is 0.212. The van der Waals surface area contributed by atoms with Crippen molar-refractivity contribution in [2.24, 2.45) is 0 Å². The van der Waals surface area contributed by atoms with Crippen molar-refractivity contribution in [1.29, 1.82) is 0 Å². The minimum atomic E-state index is -0.325. The number of anilines is 2. The van der Waals surface area contributed by atoms with Gasteiger partial charge in [-0.1, -0.05) is 29.3 Å². The number of benzene rings is 1. The van der Waals surface area contributed by atoms with Crippen molar-refractivity contribution < 1.29 is 4.79 Å². The second-order valence-electron chi connectivity index (χ2n) is 5.06. The molecule has 25 heavy (non-hydrogen) atoms. The van der Waals surface area contributed by atoms with Gasteiger partial charge in [0.15, 0.2) is 11.5 Å². The van der Waals surface area contributed by atoms with Gasteiger partial charge in [0.25, 0.3) is 5.91 Å². The zero-order valence-corrected chi connectivity index (χ0v) is 14.4. The van der Waals surface area contributed by atoms with E-state index in [1.54, 1.807) is 36.5 Å². The Labute approximate surface area is 154 Å². The predicted molar refractivity (Wildman–Crippen MR) is 97.2 cm³/mol. The third-order valence-corrected chi connectivity index (χ3v) is 3.80. The van der Waals surface area contributed by atoms with Gasteiger partial charge in [-0.05, 0) is 42.5 Å². The van der Waals surface area contributed by atoms with E-state index in [9.17, 15) is 4.79 Å². The van der Waals surface area contributed by atoms with E-state index in [4.69, 9.17) is 23.2 Å². The van der Waals surface area contributed by atoms with Crippen LogP contribution in [0.25, 0.3) is 0 Å². The van der Waals surface area contributed by atoms with Crippen LogP contribution in [0.1, 0.15) is 16.2 Å². The lowest BCUT2D eigenvalue weighted by atomic mass is 10.3. The zero-order valence-electron chi connectivity index (χ0n) is 12.9. The maximum Gasteiger partial charge on any atom is 0.272 e. The van der Waals surface area contributed by atoms with Gasteiger partial charge < -0.3 is 10.6 Å². The molecule has 1 aromatic carbocycles. The Hall–Kier alpha value is -2.70. The summed E-state index contributed by atoms with van der Waals surface area (Å²) in [6, 6.07) is 13.8. The van der Waals surface area contributed by atoms with Crippen LogP contribution in [-0.2, 0) is 6.54 Å². The lowest BCUT2D eigenvalue weighted by Gasteiger charge is -2.08. The quantitative estimate of drug-likeness (QED) is 0.709. The summed E-state index contributed by atoms with van der Waals surface area (Å²) in [7, 11) is 0. The topological polar surface area (TPSA) is 79.8 Å². The Balaban J connectivity index is 1.62. The minimum Gasteiger partial charge on any atom is -0.345 e. The second kappa shape index (κ2) is 7.92. The highest BCUT2D eigenvalue weighted by Crippen LogP contribution is 2.27. The van der Waals surface area contributed by atoms with Gasteiger partial charge in [-0.3, -0.25) is 9.78 Å². The Kier molecular flexibility index (Phi) is 5.42. The highest BCUT2D eigenvalue weighted by molar-refractivity contribution is 6.36. The summed E-state index contributed by atoms with van der Waals surface area (Å²) in [5.74, 6) is 0.139. The molecular formula is C17H13Cl2N5O. The molecule has 0 fully saturated rings. The van der Waals surface area contributed by atoms with Crippen LogP contribution < -0.4 is 10.6 Å². The molecule has 0 saturated carbocycles. The number of aromatic nitrogens is 3. The largest absolute Gasteiger partial charge is 0.345 e. The normalized spacial score (nSPS) is 10.3. The fourth-order valence-corrected chi connectivity index (χ4v) is 2.47. The molecule has 1 amide bonds. The van der Waals surface area contributed by atoms with Gasteiger partial charge >= 0.3 is 0 Å². The highest BCUT2D eigenvalue weighted by Gasteiger charge is 2.09. The average molecular weight is 374 g/mol. The first kappa shape index (κ1) is 17.1. The van der Waals surface area contributed by atoms with Gasteiger partial charge in [-0.25, -0.2) is 0 Å². The molecule has 2 heterocycles. The highest BCUT2D eigenvalue weighted by atomic mass is 35.5. The summed E-state index contributed by atoms with van der Waals surface area (Å²) in [5, 5.41) is 14.7. The fraction of sp³-hybridized carbons (Fsp3) is 0.0588. The lowest BCUT2D eigenvalue weighted by molar-refractivity contribution is 0.0944. The number of halogens is 2. The molecule has 3 rings (SSSR count). The van der Waals surface area contributed by atoms with Gasteiger partial charge in [0.1, 0.15) is 0 Å².